The van der Waals surface area contributed by atoms with Gasteiger partial charge < -0.3 is 29.7 Å². The van der Waals surface area contributed by atoms with E-state index in [1.165, 1.54) is 32.0 Å². The van der Waals surface area contributed by atoms with Crippen LogP contribution in [0, 0.1) is 5.92 Å². The van der Waals surface area contributed by atoms with E-state index in [-0.39, 0.29) is 19.1 Å². The summed E-state index contributed by atoms with van der Waals surface area (Å²) < 4.78 is 40.8. The van der Waals surface area contributed by atoms with Crippen molar-refractivity contribution in [2.24, 2.45) is 10.9 Å². The van der Waals surface area contributed by atoms with E-state index >= 15 is 0 Å². The molecule has 1 aromatic carbocycles. The van der Waals surface area contributed by atoms with Crippen LogP contribution in [0.15, 0.2) is 17.1 Å². The lowest BCUT2D eigenvalue weighted by Gasteiger charge is -2.21. The molecule has 162 valence electrons. The maximum absolute atomic E-state index is 12.8. The van der Waals surface area contributed by atoms with Crippen molar-refractivity contribution in [1.82, 2.24) is 15.5 Å². The SMILES string of the molecule is CCNC(=NCc1cc2c(cc1OC(F)F)OCO2)NCC(C)CN1CCCC1. The van der Waals surface area contributed by atoms with Crippen molar-refractivity contribution < 1.29 is 23.0 Å². The lowest BCUT2D eigenvalue weighted by atomic mass is 10.1. The molecule has 2 aliphatic heterocycles. The van der Waals surface area contributed by atoms with Crippen LogP contribution >= 0.6 is 0 Å². The summed E-state index contributed by atoms with van der Waals surface area (Å²) in [5.41, 5.74) is 0.511. The molecule has 0 spiro atoms. The average Bonchev–Trinajstić information content (AvgIpc) is 3.34. The van der Waals surface area contributed by atoms with E-state index in [2.05, 4.69) is 32.2 Å². The minimum Gasteiger partial charge on any atom is -0.454 e. The third kappa shape index (κ3) is 6.35. The van der Waals surface area contributed by atoms with Crippen molar-refractivity contribution in [3.8, 4) is 17.2 Å². The number of nitrogens with zero attached hydrogens (tertiary/aromatic N) is 2. The summed E-state index contributed by atoms with van der Waals surface area (Å²) in [4.78, 5) is 7.02. The van der Waals surface area contributed by atoms with Gasteiger partial charge in [-0.2, -0.15) is 8.78 Å². The Balaban J connectivity index is 1.62. The molecule has 0 aromatic heterocycles. The van der Waals surface area contributed by atoms with Gasteiger partial charge in [0.25, 0.3) is 0 Å². The second-order valence-corrected chi connectivity index (χ2v) is 7.38. The monoisotopic (exact) mass is 412 g/mol. The number of halogens is 2. The first-order valence-electron chi connectivity index (χ1n) is 10.2. The van der Waals surface area contributed by atoms with Gasteiger partial charge in [0.05, 0.1) is 6.54 Å². The Labute approximate surface area is 170 Å². The second kappa shape index (κ2) is 10.5. The van der Waals surface area contributed by atoms with E-state index in [0.717, 1.165) is 13.1 Å². The van der Waals surface area contributed by atoms with Crippen LogP contribution in [0.25, 0.3) is 0 Å². The molecular weight excluding hydrogens is 382 g/mol. The smallest absolute Gasteiger partial charge is 0.387 e. The Kier molecular flexibility index (Phi) is 7.74. The van der Waals surface area contributed by atoms with E-state index < -0.39 is 6.61 Å². The molecule has 0 bridgehead atoms. The van der Waals surface area contributed by atoms with Gasteiger partial charge in [0.1, 0.15) is 5.75 Å². The van der Waals surface area contributed by atoms with E-state index in [9.17, 15) is 8.78 Å². The standard InChI is InChI=1S/C20H30F2N4O3/c1-3-23-20(24-10-14(2)12-26-6-4-5-7-26)25-11-15-8-17-18(28-13-27-17)9-16(15)29-19(21)22/h8-9,14,19H,3-7,10-13H2,1-2H3,(H2,23,24,25). The molecule has 3 rings (SSSR count). The first-order valence-corrected chi connectivity index (χ1v) is 10.2. The molecule has 2 N–H and O–H groups in total. The third-order valence-electron chi connectivity index (χ3n) is 4.91. The lowest BCUT2D eigenvalue weighted by Crippen LogP contribution is -2.41. The lowest BCUT2D eigenvalue weighted by molar-refractivity contribution is -0.0505. The number of hydrogen-bond donors (Lipinski definition) is 2. The molecule has 7 nitrogen and oxygen atoms in total. The topological polar surface area (TPSA) is 67.4 Å². The molecule has 1 atom stereocenters. The molecule has 0 amide bonds. The number of hydrogen-bond acceptors (Lipinski definition) is 5. The molecule has 1 saturated heterocycles. The van der Waals surface area contributed by atoms with Crippen molar-refractivity contribution in [1.29, 1.82) is 0 Å². The Morgan fingerprint density at radius 2 is 1.93 bits per heavy atom. The van der Waals surface area contributed by atoms with E-state index in [1.807, 2.05) is 6.92 Å². The summed E-state index contributed by atoms with van der Waals surface area (Å²) in [5, 5.41) is 6.54. The van der Waals surface area contributed by atoms with Gasteiger partial charge in [0.2, 0.25) is 6.79 Å². The number of rotatable bonds is 9. The van der Waals surface area contributed by atoms with Crippen LogP contribution in [-0.4, -0.2) is 57.0 Å². The number of nitrogens with one attached hydrogen (secondary N) is 2. The van der Waals surface area contributed by atoms with Crippen LogP contribution in [0.3, 0.4) is 0 Å². The number of alkyl halides is 2. The molecular formula is C20H30F2N4O3. The molecule has 9 heteroatoms. The maximum atomic E-state index is 12.8. The van der Waals surface area contributed by atoms with Crippen molar-refractivity contribution in [3.05, 3.63) is 17.7 Å². The Hall–Kier alpha value is -2.29. The third-order valence-corrected chi connectivity index (χ3v) is 4.91. The van der Waals surface area contributed by atoms with Gasteiger partial charge in [0, 0.05) is 31.3 Å². The van der Waals surface area contributed by atoms with Gasteiger partial charge in [-0.25, -0.2) is 4.99 Å². The fourth-order valence-electron chi connectivity index (χ4n) is 3.54. The van der Waals surface area contributed by atoms with Crippen LogP contribution in [0.2, 0.25) is 0 Å². The molecule has 0 aliphatic carbocycles. The zero-order valence-corrected chi connectivity index (χ0v) is 17.0. The maximum Gasteiger partial charge on any atom is 0.387 e. The summed E-state index contributed by atoms with van der Waals surface area (Å²) in [7, 11) is 0. The largest absolute Gasteiger partial charge is 0.454 e. The molecule has 1 unspecified atom stereocenters. The van der Waals surface area contributed by atoms with Crippen LogP contribution in [-0.2, 0) is 6.54 Å². The first kappa shape index (κ1) is 21.4. The number of fused-ring (bicyclic) bond motifs is 1. The highest BCUT2D eigenvalue weighted by Crippen LogP contribution is 2.39. The normalized spacial score (nSPS) is 17.6. The van der Waals surface area contributed by atoms with Crippen molar-refractivity contribution >= 4 is 5.96 Å². The quantitative estimate of drug-likeness (QED) is 0.480. The predicted octanol–water partition coefficient (Wildman–Crippen LogP) is 2.80. The van der Waals surface area contributed by atoms with Crippen LogP contribution in [0.4, 0.5) is 8.78 Å². The van der Waals surface area contributed by atoms with Gasteiger partial charge in [-0.15, -0.1) is 0 Å². The molecule has 1 fully saturated rings. The highest BCUT2D eigenvalue weighted by atomic mass is 19.3. The number of ether oxygens (including phenoxy) is 3. The summed E-state index contributed by atoms with van der Waals surface area (Å²) in [6, 6.07) is 3.07. The summed E-state index contributed by atoms with van der Waals surface area (Å²) >= 11 is 0. The van der Waals surface area contributed by atoms with Gasteiger partial charge in [-0.05, 0) is 44.8 Å². The predicted molar refractivity (Wildman–Crippen MR) is 107 cm³/mol. The number of aliphatic imine (C=N–C) groups is 1. The Morgan fingerprint density at radius 1 is 1.21 bits per heavy atom. The summed E-state index contributed by atoms with van der Waals surface area (Å²) in [6.45, 7) is 6.40. The van der Waals surface area contributed by atoms with Gasteiger partial charge >= 0.3 is 6.61 Å². The first-order chi connectivity index (χ1) is 14.0. The number of guanidine groups is 1. The molecule has 1 aromatic rings. The number of likely N-dealkylation sites (tertiary alicyclic amines) is 1. The fraction of sp³-hybridized carbons (Fsp3) is 0.650. The molecule has 2 aliphatic rings. The van der Waals surface area contributed by atoms with E-state index in [1.54, 1.807) is 6.07 Å². The second-order valence-electron chi connectivity index (χ2n) is 7.38. The zero-order chi connectivity index (χ0) is 20.6. The minimum absolute atomic E-state index is 0.0475. The Morgan fingerprint density at radius 3 is 2.62 bits per heavy atom. The van der Waals surface area contributed by atoms with Crippen LogP contribution in [0.5, 0.6) is 17.2 Å². The van der Waals surface area contributed by atoms with Crippen LogP contribution < -0.4 is 24.8 Å². The summed E-state index contributed by atoms with van der Waals surface area (Å²) in [5.74, 6) is 2.07. The van der Waals surface area contributed by atoms with Gasteiger partial charge in [0.15, 0.2) is 17.5 Å². The fourth-order valence-corrected chi connectivity index (χ4v) is 3.54. The molecule has 2 heterocycles. The minimum atomic E-state index is -2.92. The van der Waals surface area contributed by atoms with E-state index in [0.29, 0.717) is 35.5 Å². The molecule has 29 heavy (non-hydrogen) atoms. The van der Waals surface area contributed by atoms with E-state index in [4.69, 9.17) is 9.47 Å². The van der Waals surface area contributed by atoms with Crippen molar-refractivity contribution in [2.45, 2.75) is 39.8 Å². The Bertz CT molecular complexity index is 697. The van der Waals surface area contributed by atoms with Crippen molar-refractivity contribution in [2.75, 3.05) is 39.5 Å². The van der Waals surface area contributed by atoms with Gasteiger partial charge in [-0.3, -0.25) is 0 Å². The molecule has 0 radical (unpaired) electrons. The zero-order valence-electron chi connectivity index (χ0n) is 17.0. The summed E-state index contributed by atoms with van der Waals surface area (Å²) in [6.07, 6.45) is 2.56. The average molecular weight is 412 g/mol. The molecule has 0 saturated carbocycles. The number of benzene rings is 1. The van der Waals surface area contributed by atoms with Gasteiger partial charge in [-0.1, -0.05) is 6.92 Å². The van der Waals surface area contributed by atoms with Crippen LogP contribution in [0.1, 0.15) is 32.3 Å². The highest BCUT2D eigenvalue weighted by Gasteiger charge is 2.20. The van der Waals surface area contributed by atoms with Crippen molar-refractivity contribution in [3.63, 3.8) is 0 Å². The highest BCUT2D eigenvalue weighted by molar-refractivity contribution is 5.79.